The molecule has 0 aliphatic carbocycles. The molecular weight excluding hydrogens is 516 g/mol. The Balaban J connectivity index is 1.32. The Kier molecular flexibility index (Phi) is 7.58. The molecule has 6 rings (SSSR count). The number of rotatable bonds is 10. The Hall–Kier alpha value is -4.79. The maximum Gasteiger partial charge on any atom is 0.224 e. The van der Waals surface area contributed by atoms with Gasteiger partial charge in [-0.05, 0) is 66.4 Å². The molecule has 0 radical (unpaired) electrons. The highest BCUT2D eigenvalue weighted by atomic mass is 16.5. The summed E-state index contributed by atoms with van der Waals surface area (Å²) >= 11 is 0. The largest absolute Gasteiger partial charge is 0.492 e. The Morgan fingerprint density at radius 3 is 2.83 bits per heavy atom. The van der Waals surface area contributed by atoms with Crippen LogP contribution in [0.1, 0.15) is 43.7 Å². The summed E-state index contributed by atoms with van der Waals surface area (Å²) in [5.41, 5.74) is 5.42. The molecule has 0 bridgehead atoms. The maximum atomic E-state index is 12.2. The summed E-state index contributed by atoms with van der Waals surface area (Å²) in [4.78, 5) is 40.1. The highest BCUT2D eigenvalue weighted by Gasteiger charge is 2.20. The van der Waals surface area contributed by atoms with Crippen molar-refractivity contribution in [1.29, 1.82) is 0 Å². The zero-order chi connectivity index (χ0) is 28.2. The molecule has 2 aliphatic rings. The maximum absolute atomic E-state index is 12.2. The van der Waals surface area contributed by atoms with Gasteiger partial charge < -0.3 is 20.3 Å². The first-order chi connectivity index (χ1) is 20.1. The predicted molar refractivity (Wildman–Crippen MR) is 161 cm³/mol. The van der Waals surface area contributed by atoms with E-state index in [1.54, 1.807) is 0 Å². The lowest BCUT2D eigenvalue weighted by Crippen LogP contribution is -2.29. The molecule has 1 fully saturated rings. The molecule has 2 aliphatic heterocycles. The van der Waals surface area contributed by atoms with Gasteiger partial charge in [0.15, 0.2) is 5.82 Å². The van der Waals surface area contributed by atoms with Crippen LogP contribution in [-0.4, -0.2) is 52.6 Å². The number of ether oxygens (including phenoxy) is 1. The number of aromatic nitrogens is 2. The number of aliphatic imine (C=N–C) groups is 1. The zero-order valence-electron chi connectivity index (χ0n) is 23.0. The van der Waals surface area contributed by atoms with Gasteiger partial charge in [0.25, 0.3) is 0 Å². The molecule has 3 heterocycles. The van der Waals surface area contributed by atoms with Gasteiger partial charge in [-0.2, -0.15) is 0 Å². The summed E-state index contributed by atoms with van der Waals surface area (Å²) in [5, 5.41) is 7.26. The third-order valence-electron chi connectivity index (χ3n) is 7.25. The molecule has 2 amide bonds. The first-order valence-electron chi connectivity index (χ1n) is 14.1. The van der Waals surface area contributed by atoms with Gasteiger partial charge in [-0.25, -0.2) is 9.97 Å². The molecular formula is C32H32N6O3. The fourth-order valence-corrected chi connectivity index (χ4v) is 5.14. The molecule has 208 valence electrons. The van der Waals surface area contributed by atoms with Crippen molar-refractivity contribution in [3.8, 4) is 17.1 Å². The second kappa shape index (κ2) is 11.8. The van der Waals surface area contributed by atoms with Gasteiger partial charge in [-0.3, -0.25) is 14.6 Å². The topological polar surface area (TPSA) is 109 Å². The second-order valence-electron chi connectivity index (χ2n) is 10.3. The van der Waals surface area contributed by atoms with E-state index in [1.807, 2.05) is 66.6 Å². The highest BCUT2D eigenvalue weighted by molar-refractivity contribution is 5.95. The predicted octanol–water partition coefficient (Wildman–Crippen LogP) is 5.71. The van der Waals surface area contributed by atoms with E-state index in [0.29, 0.717) is 55.6 Å². The standard InChI is InChI=1S/C32H32N6O3/c1-2-5-29(39)34-24-7-3-6-21(16-24)31-36-28-12-11-26(41-15-14-38-13-4-8-30(38)40)18-27(28)32(37-31)35-25-10-9-22-19-33-20-23(22)17-25/h3,6-7,9-12,16-18,20H,2,4-5,8,13-15,19H2,1H3,(H,34,39)(H,35,36,37). The summed E-state index contributed by atoms with van der Waals surface area (Å²) in [7, 11) is 0. The number of hydrogen-bond acceptors (Lipinski definition) is 7. The summed E-state index contributed by atoms with van der Waals surface area (Å²) in [6.45, 7) is 4.45. The highest BCUT2D eigenvalue weighted by Crippen LogP contribution is 2.32. The van der Waals surface area contributed by atoms with Gasteiger partial charge in [0.05, 0.1) is 18.6 Å². The van der Waals surface area contributed by atoms with Gasteiger partial charge in [0, 0.05) is 47.9 Å². The van der Waals surface area contributed by atoms with Crippen molar-refractivity contribution in [2.24, 2.45) is 4.99 Å². The summed E-state index contributed by atoms with van der Waals surface area (Å²) in [6, 6.07) is 19.5. The van der Waals surface area contributed by atoms with E-state index in [2.05, 4.69) is 27.8 Å². The second-order valence-corrected chi connectivity index (χ2v) is 10.3. The number of anilines is 3. The van der Waals surface area contributed by atoms with Gasteiger partial charge in [-0.1, -0.05) is 25.1 Å². The summed E-state index contributed by atoms with van der Waals surface area (Å²) in [6.07, 6.45) is 4.67. The van der Waals surface area contributed by atoms with Crippen molar-refractivity contribution in [3.63, 3.8) is 0 Å². The third kappa shape index (κ3) is 6.04. The van der Waals surface area contributed by atoms with Crippen molar-refractivity contribution in [3.05, 3.63) is 71.8 Å². The minimum atomic E-state index is -0.0202. The Morgan fingerprint density at radius 2 is 1.98 bits per heavy atom. The fraction of sp³-hybridized carbons (Fsp3) is 0.281. The van der Waals surface area contributed by atoms with Crippen molar-refractivity contribution in [2.75, 3.05) is 30.3 Å². The van der Waals surface area contributed by atoms with Crippen molar-refractivity contribution < 1.29 is 14.3 Å². The molecule has 1 aromatic heterocycles. The van der Waals surface area contributed by atoms with Crippen LogP contribution in [0.4, 0.5) is 17.2 Å². The normalized spacial score (nSPS) is 14.0. The number of nitrogens with one attached hydrogen (secondary N) is 2. The first kappa shape index (κ1) is 26.4. The van der Waals surface area contributed by atoms with Gasteiger partial charge in [0.2, 0.25) is 11.8 Å². The lowest BCUT2D eigenvalue weighted by molar-refractivity contribution is -0.128. The zero-order valence-corrected chi connectivity index (χ0v) is 23.0. The number of nitrogens with zero attached hydrogens (tertiary/aromatic N) is 4. The van der Waals surface area contributed by atoms with Crippen LogP contribution < -0.4 is 15.4 Å². The monoisotopic (exact) mass is 548 g/mol. The van der Waals surface area contributed by atoms with E-state index in [-0.39, 0.29) is 11.8 Å². The molecule has 1 saturated heterocycles. The Bertz CT molecular complexity index is 1650. The molecule has 0 atom stereocenters. The van der Waals surface area contributed by atoms with Crippen molar-refractivity contribution in [1.82, 2.24) is 14.9 Å². The summed E-state index contributed by atoms with van der Waals surface area (Å²) in [5.74, 6) is 2.03. The minimum Gasteiger partial charge on any atom is -0.492 e. The Labute approximate surface area is 238 Å². The molecule has 41 heavy (non-hydrogen) atoms. The van der Waals surface area contributed by atoms with Crippen molar-refractivity contribution >= 4 is 46.1 Å². The van der Waals surface area contributed by atoms with E-state index in [1.165, 1.54) is 5.56 Å². The van der Waals surface area contributed by atoms with Gasteiger partial charge >= 0.3 is 0 Å². The number of amides is 2. The molecule has 0 saturated carbocycles. The van der Waals surface area contributed by atoms with E-state index in [0.717, 1.165) is 47.1 Å². The molecule has 9 nitrogen and oxygen atoms in total. The van der Waals surface area contributed by atoms with Crippen LogP contribution in [-0.2, 0) is 16.1 Å². The molecule has 0 unspecified atom stereocenters. The smallest absolute Gasteiger partial charge is 0.224 e. The van der Waals surface area contributed by atoms with E-state index < -0.39 is 0 Å². The van der Waals surface area contributed by atoms with E-state index in [4.69, 9.17) is 14.7 Å². The molecule has 9 heteroatoms. The molecule has 3 aromatic carbocycles. The summed E-state index contributed by atoms with van der Waals surface area (Å²) < 4.78 is 6.04. The van der Waals surface area contributed by atoms with Crippen LogP contribution in [0.3, 0.4) is 0 Å². The quantitative estimate of drug-likeness (QED) is 0.263. The third-order valence-corrected chi connectivity index (χ3v) is 7.25. The number of likely N-dealkylation sites (tertiary alicyclic amines) is 1. The first-order valence-corrected chi connectivity index (χ1v) is 14.1. The number of carbonyl (C=O) groups excluding carboxylic acids is 2. The number of benzene rings is 3. The molecule has 2 N–H and O–H groups in total. The van der Waals surface area contributed by atoms with E-state index in [9.17, 15) is 9.59 Å². The number of carbonyl (C=O) groups is 2. The van der Waals surface area contributed by atoms with Crippen LogP contribution in [0.2, 0.25) is 0 Å². The average Bonchev–Trinajstić information content (AvgIpc) is 3.61. The number of hydrogen-bond donors (Lipinski definition) is 2. The van der Waals surface area contributed by atoms with E-state index >= 15 is 0 Å². The Morgan fingerprint density at radius 1 is 1.05 bits per heavy atom. The van der Waals surface area contributed by atoms with Crippen LogP contribution in [0.25, 0.3) is 22.3 Å². The van der Waals surface area contributed by atoms with Crippen LogP contribution in [0.15, 0.2) is 65.7 Å². The van der Waals surface area contributed by atoms with Crippen LogP contribution in [0.5, 0.6) is 5.75 Å². The fourth-order valence-electron chi connectivity index (χ4n) is 5.14. The minimum absolute atomic E-state index is 0.0202. The van der Waals surface area contributed by atoms with Gasteiger partial charge in [0.1, 0.15) is 18.2 Å². The lowest BCUT2D eigenvalue weighted by Gasteiger charge is -2.16. The van der Waals surface area contributed by atoms with Crippen molar-refractivity contribution in [2.45, 2.75) is 39.2 Å². The van der Waals surface area contributed by atoms with Crippen LogP contribution in [0, 0.1) is 0 Å². The SMILES string of the molecule is CCCC(=O)Nc1cccc(-c2nc(Nc3ccc4c(c3)C=NC4)c3cc(OCCN4CCCC4=O)ccc3n2)c1. The molecule has 0 spiro atoms. The molecule has 4 aromatic rings. The average molecular weight is 549 g/mol. The number of fused-ring (bicyclic) bond motifs is 2. The van der Waals surface area contributed by atoms with Crippen LogP contribution >= 0.6 is 0 Å². The van der Waals surface area contributed by atoms with Gasteiger partial charge in [-0.15, -0.1) is 0 Å². The lowest BCUT2D eigenvalue weighted by atomic mass is 10.1.